The monoisotopic (exact) mass is 427 g/mol. The second-order valence-corrected chi connectivity index (χ2v) is 9.71. The standard InChI is InChI=1S/C20H20F3NO4S/c1-19(12-29(27,28)11-17(25)13-6-4-3-5-7-13)15-10-14(20(21,22)23)8-9-16(15)24(2)18(19)26/h3-9,15H,10-12H2,1-2H3. The average Bonchev–Trinajstić information content (AvgIpc) is 2.82. The summed E-state index contributed by atoms with van der Waals surface area (Å²) in [7, 11) is -2.64. The van der Waals surface area contributed by atoms with Gasteiger partial charge in [-0.3, -0.25) is 9.59 Å². The van der Waals surface area contributed by atoms with Crippen molar-refractivity contribution in [1.82, 2.24) is 4.90 Å². The van der Waals surface area contributed by atoms with Crippen LogP contribution in [0.4, 0.5) is 13.2 Å². The lowest BCUT2D eigenvalue weighted by atomic mass is 9.74. The van der Waals surface area contributed by atoms with Gasteiger partial charge in [0.25, 0.3) is 0 Å². The fourth-order valence-electron chi connectivity index (χ4n) is 4.03. The maximum atomic E-state index is 13.2. The first-order valence-electron chi connectivity index (χ1n) is 8.90. The number of carbonyl (C=O) groups is 2. The van der Waals surface area contributed by atoms with Gasteiger partial charge in [-0.2, -0.15) is 13.2 Å². The molecule has 0 N–H and O–H groups in total. The molecule has 1 aromatic carbocycles. The number of alkyl halides is 3. The van der Waals surface area contributed by atoms with E-state index in [0.29, 0.717) is 5.70 Å². The number of hydrogen-bond acceptors (Lipinski definition) is 4. The minimum absolute atomic E-state index is 0.219. The summed E-state index contributed by atoms with van der Waals surface area (Å²) in [5, 5.41) is 0. The molecule has 1 aliphatic heterocycles. The third-order valence-electron chi connectivity index (χ3n) is 5.52. The first kappa shape index (κ1) is 21.3. The molecule has 5 nitrogen and oxygen atoms in total. The number of likely N-dealkylation sites (tertiary alicyclic amines) is 1. The molecular weight excluding hydrogens is 407 g/mol. The number of sulfone groups is 1. The zero-order chi connectivity index (χ0) is 21.6. The lowest BCUT2D eigenvalue weighted by molar-refractivity contribution is -0.133. The number of allylic oxidation sites excluding steroid dienone is 4. The molecular formula is C20H20F3NO4S. The summed E-state index contributed by atoms with van der Waals surface area (Å²) in [5.41, 5.74) is -1.81. The maximum absolute atomic E-state index is 13.2. The number of rotatable bonds is 5. The molecule has 0 saturated carbocycles. The summed E-state index contributed by atoms with van der Waals surface area (Å²) in [4.78, 5) is 26.3. The minimum Gasteiger partial charge on any atom is -0.318 e. The Kier molecular flexibility index (Phi) is 5.23. The zero-order valence-electron chi connectivity index (χ0n) is 15.9. The molecule has 1 saturated heterocycles. The van der Waals surface area contributed by atoms with E-state index < -0.39 is 62.5 Å². The molecule has 0 bridgehead atoms. The van der Waals surface area contributed by atoms with Gasteiger partial charge in [-0.1, -0.05) is 36.4 Å². The van der Waals surface area contributed by atoms with Crippen molar-refractivity contribution in [2.24, 2.45) is 11.3 Å². The van der Waals surface area contributed by atoms with E-state index in [4.69, 9.17) is 0 Å². The van der Waals surface area contributed by atoms with Gasteiger partial charge in [0, 0.05) is 29.8 Å². The first-order valence-corrected chi connectivity index (χ1v) is 10.7. The third kappa shape index (κ3) is 4.01. The van der Waals surface area contributed by atoms with Crippen molar-refractivity contribution in [3.05, 3.63) is 59.3 Å². The van der Waals surface area contributed by atoms with Crippen LogP contribution in [0.25, 0.3) is 0 Å². The van der Waals surface area contributed by atoms with E-state index in [0.717, 1.165) is 6.08 Å². The molecule has 1 aromatic rings. The highest BCUT2D eigenvalue weighted by Gasteiger charge is 2.56. The molecule has 2 atom stereocenters. The molecule has 1 amide bonds. The minimum atomic E-state index is -4.56. The van der Waals surface area contributed by atoms with E-state index in [1.54, 1.807) is 18.2 Å². The van der Waals surface area contributed by atoms with Crippen molar-refractivity contribution < 1.29 is 31.2 Å². The highest BCUT2D eigenvalue weighted by molar-refractivity contribution is 7.92. The van der Waals surface area contributed by atoms with Crippen molar-refractivity contribution in [3.8, 4) is 0 Å². The Hall–Kier alpha value is -2.42. The van der Waals surface area contributed by atoms with Gasteiger partial charge in [0.2, 0.25) is 5.91 Å². The van der Waals surface area contributed by atoms with E-state index in [1.807, 2.05) is 0 Å². The van der Waals surface area contributed by atoms with Crippen LogP contribution in [0.5, 0.6) is 0 Å². The highest BCUT2D eigenvalue weighted by atomic mass is 32.2. The normalized spacial score (nSPS) is 24.8. The van der Waals surface area contributed by atoms with Gasteiger partial charge >= 0.3 is 6.18 Å². The second kappa shape index (κ2) is 7.12. The summed E-state index contributed by atoms with van der Waals surface area (Å²) >= 11 is 0. The summed E-state index contributed by atoms with van der Waals surface area (Å²) in [6.07, 6.45) is -2.89. The van der Waals surface area contributed by atoms with E-state index >= 15 is 0 Å². The number of hydrogen-bond donors (Lipinski definition) is 0. The van der Waals surface area contributed by atoms with Gasteiger partial charge in [-0.05, 0) is 19.4 Å². The van der Waals surface area contributed by atoms with Crippen molar-refractivity contribution in [2.75, 3.05) is 18.6 Å². The predicted molar refractivity (Wildman–Crippen MR) is 101 cm³/mol. The van der Waals surface area contributed by atoms with Gasteiger partial charge in [-0.25, -0.2) is 8.42 Å². The Morgan fingerprint density at radius 3 is 2.41 bits per heavy atom. The van der Waals surface area contributed by atoms with Crippen molar-refractivity contribution in [3.63, 3.8) is 0 Å². The number of ketones is 1. The maximum Gasteiger partial charge on any atom is 0.412 e. The Bertz CT molecular complexity index is 1010. The fourth-order valence-corrected chi connectivity index (χ4v) is 5.94. The molecule has 9 heteroatoms. The third-order valence-corrected chi connectivity index (χ3v) is 7.26. The number of halogens is 3. The molecule has 2 aliphatic rings. The van der Waals surface area contributed by atoms with Crippen molar-refractivity contribution in [1.29, 1.82) is 0 Å². The molecule has 1 aliphatic carbocycles. The van der Waals surface area contributed by atoms with Crippen molar-refractivity contribution in [2.45, 2.75) is 19.5 Å². The van der Waals surface area contributed by atoms with Crippen LogP contribution < -0.4 is 0 Å². The van der Waals surface area contributed by atoms with Crippen LogP contribution in [0, 0.1) is 11.3 Å². The quantitative estimate of drug-likeness (QED) is 0.677. The number of benzene rings is 1. The van der Waals surface area contributed by atoms with Gasteiger partial charge < -0.3 is 4.90 Å². The lowest BCUT2D eigenvalue weighted by Gasteiger charge is -2.30. The molecule has 29 heavy (non-hydrogen) atoms. The summed E-state index contributed by atoms with van der Waals surface area (Å²) < 4.78 is 65.0. The topological polar surface area (TPSA) is 71.5 Å². The van der Waals surface area contributed by atoms with Crippen molar-refractivity contribution >= 4 is 21.5 Å². The molecule has 0 spiro atoms. The molecule has 1 heterocycles. The van der Waals surface area contributed by atoms with Crippen LogP contribution in [0.2, 0.25) is 0 Å². The Morgan fingerprint density at radius 2 is 1.83 bits per heavy atom. The number of amides is 1. The van der Waals surface area contributed by atoms with E-state index in [2.05, 4.69) is 0 Å². The molecule has 1 fully saturated rings. The second-order valence-electron chi connectivity index (χ2n) is 7.64. The average molecular weight is 427 g/mol. The fraction of sp³-hybridized carbons (Fsp3) is 0.400. The smallest absolute Gasteiger partial charge is 0.318 e. The Balaban J connectivity index is 1.87. The van der Waals surface area contributed by atoms with Crippen LogP contribution >= 0.6 is 0 Å². The number of fused-ring (bicyclic) bond motifs is 1. The first-order chi connectivity index (χ1) is 13.3. The molecule has 0 aromatic heterocycles. The van der Waals surface area contributed by atoms with Crippen LogP contribution in [0.15, 0.2) is 53.8 Å². The van der Waals surface area contributed by atoms with Crippen LogP contribution in [0.1, 0.15) is 23.7 Å². The van der Waals surface area contributed by atoms with Crippen LogP contribution in [-0.2, 0) is 14.6 Å². The van der Waals surface area contributed by atoms with E-state index in [1.165, 1.54) is 37.1 Å². The largest absolute Gasteiger partial charge is 0.412 e. The number of carbonyl (C=O) groups excluding carboxylic acids is 2. The molecule has 156 valence electrons. The van der Waals surface area contributed by atoms with Crippen LogP contribution in [0.3, 0.4) is 0 Å². The molecule has 3 rings (SSSR count). The van der Waals surface area contributed by atoms with Gasteiger partial charge in [0.05, 0.1) is 11.2 Å². The lowest BCUT2D eigenvalue weighted by Crippen LogP contribution is -2.41. The summed E-state index contributed by atoms with van der Waals surface area (Å²) in [6, 6.07) is 7.84. The van der Waals surface area contributed by atoms with Gasteiger partial charge in [0.1, 0.15) is 5.75 Å². The zero-order valence-corrected chi connectivity index (χ0v) is 16.7. The van der Waals surface area contributed by atoms with E-state index in [9.17, 15) is 31.2 Å². The summed E-state index contributed by atoms with van der Waals surface area (Å²) in [5.74, 6) is -3.63. The Labute approximate surface area is 166 Å². The molecule has 2 unspecified atom stereocenters. The number of Topliss-reactive ketones (excluding diaryl/α,β-unsaturated/α-hetero) is 1. The van der Waals surface area contributed by atoms with E-state index in [-0.39, 0.29) is 5.56 Å². The SMILES string of the molecule is CN1C(=O)C(C)(CS(=O)(=O)CC(=O)c2ccccc2)C2CC(C(F)(F)F)=CC=C21. The van der Waals surface area contributed by atoms with Gasteiger partial charge in [-0.15, -0.1) is 0 Å². The predicted octanol–water partition coefficient (Wildman–Crippen LogP) is 3.15. The highest BCUT2D eigenvalue weighted by Crippen LogP contribution is 2.51. The summed E-state index contributed by atoms with van der Waals surface area (Å²) in [6.45, 7) is 1.36. The van der Waals surface area contributed by atoms with Crippen LogP contribution in [-0.4, -0.2) is 49.7 Å². The van der Waals surface area contributed by atoms with Gasteiger partial charge in [0.15, 0.2) is 15.6 Å². The Morgan fingerprint density at radius 1 is 1.21 bits per heavy atom. The molecule has 0 radical (unpaired) electrons. The number of nitrogens with zero attached hydrogens (tertiary/aromatic N) is 1.